The summed E-state index contributed by atoms with van der Waals surface area (Å²) < 4.78 is 5.10. The third-order valence-corrected chi connectivity index (χ3v) is 3.94. The molecule has 0 spiro atoms. The molecule has 1 aromatic carbocycles. The van der Waals surface area contributed by atoms with Gasteiger partial charge in [0, 0.05) is 35.0 Å². The lowest BCUT2D eigenvalue weighted by Crippen LogP contribution is -2.26. The Labute approximate surface area is 111 Å². The average Bonchev–Trinajstić information content (AvgIpc) is 2.72. The van der Waals surface area contributed by atoms with Gasteiger partial charge in [-0.1, -0.05) is 37.3 Å². The molecule has 1 saturated heterocycles. The van der Waals surface area contributed by atoms with Crippen molar-refractivity contribution in [1.82, 2.24) is 4.90 Å². The van der Waals surface area contributed by atoms with Crippen LogP contribution >= 0.6 is 9.47 Å². The molecule has 0 aliphatic carbocycles. The first-order valence-electron chi connectivity index (χ1n) is 6.46. The molecule has 1 aliphatic heterocycles. The van der Waals surface area contributed by atoms with Gasteiger partial charge in [0.1, 0.15) is 0 Å². The van der Waals surface area contributed by atoms with Crippen LogP contribution in [0.2, 0.25) is 0 Å². The Morgan fingerprint density at radius 2 is 2.11 bits per heavy atom. The molecule has 18 heavy (non-hydrogen) atoms. The Morgan fingerprint density at radius 1 is 1.39 bits per heavy atom. The van der Waals surface area contributed by atoms with E-state index >= 15 is 0 Å². The van der Waals surface area contributed by atoms with Crippen LogP contribution < -0.4 is 0 Å². The first kappa shape index (κ1) is 14.0. The Hall–Kier alpha value is -0.470. The van der Waals surface area contributed by atoms with Crippen molar-refractivity contribution in [1.29, 1.82) is 0 Å². The second-order valence-corrected chi connectivity index (χ2v) is 5.55. The van der Waals surface area contributed by atoms with Crippen LogP contribution in [0.1, 0.15) is 12.5 Å². The van der Waals surface area contributed by atoms with Crippen molar-refractivity contribution in [2.75, 3.05) is 19.7 Å². The number of hydrogen-bond acceptors (Lipinski definition) is 3. The number of aliphatic hydroxyl groups is 1. The first-order chi connectivity index (χ1) is 8.70. The zero-order valence-corrected chi connectivity index (χ0v) is 12.0. The van der Waals surface area contributed by atoms with E-state index in [0.29, 0.717) is 18.4 Å². The second kappa shape index (κ2) is 6.63. The molecule has 1 heterocycles. The van der Waals surface area contributed by atoms with Crippen molar-refractivity contribution < 1.29 is 9.63 Å². The van der Waals surface area contributed by atoms with Crippen molar-refractivity contribution in [2.24, 2.45) is 11.8 Å². The predicted octanol–water partition coefficient (Wildman–Crippen LogP) is 1.92. The normalized spacial score (nSPS) is 26.4. The Morgan fingerprint density at radius 3 is 2.78 bits per heavy atom. The highest BCUT2D eigenvalue weighted by Gasteiger charge is 2.34. The fourth-order valence-corrected chi connectivity index (χ4v) is 3.00. The summed E-state index contributed by atoms with van der Waals surface area (Å²) in [5.74, 6) is 0.701. The highest BCUT2D eigenvalue weighted by atomic mass is 31.0. The second-order valence-electron chi connectivity index (χ2n) is 5.22. The van der Waals surface area contributed by atoms with Crippen LogP contribution in [0, 0.1) is 11.8 Å². The van der Waals surface area contributed by atoms with Crippen molar-refractivity contribution in [2.45, 2.75) is 19.6 Å². The molecule has 4 unspecified atom stereocenters. The van der Waals surface area contributed by atoms with Crippen LogP contribution in [-0.4, -0.2) is 35.8 Å². The fraction of sp³-hybridized carbons (Fsp3) is 0.571. The number of rotatable bonds is 5. The van der Waals surface area contributed by atoms with Crippen molar-refractivity contribution in [3.8, 4) is 0 Å². The summed E-state index contributed by atoms with van der Waals surface area (Å²) in [5.41, 5.74) is 1.31. The quantitative estimate of drug-likeness (QED) is 0.827. The van der Waals surface area contributed by atoms with E-state index in [0.717, 1.165) is 19.6 Å². The van der Waals surface area contributed by atoms with E-state index in [9.17, 15) is 5.11 Å². The van der Waals surface area contributed by atoms with E-state index in [-0.39, 0.29) is 6.10 Å². The Balaban J connectivity index is 1.90. The number of nitrogens with zero attached hydrogens (tertiary/aromatic N) is 1. The molecule has 1 aliphatic rings. The minimum Gasteiger partial charge on any atom is -0.391 e. The van der Waals surface area contributed by atoms with E-state index in [1.165, 1.54) is 5.56 Å². The Kier molecular flexibility index (Phi) is 5.13. The third kappa shape index (κ3) is 3.52. The fourth-order valence-electron chi connectivity index (χ4n) is 2.70. The molecule has 0 radical (unpaired) electrons. The maximum atomic E-state index is 10.1. The van der Waals surface area contributed by atoms with Gasteiger partial charge < -0.3 is 9.63 Å². The molecule has 0 aromatic heterocycles. The lowest BCUT2D eigenvalue weighted by atomic mass is 9.92. The largest absolute Gasteiger partial charge is 0.391 e. The lowest BCUT2D eigenvalue weighted by molar-refractivity contribution is 0.0994. The molecule has 2 rings (SSSR count). The average molecular weight is 267 g/mol. The minimum absolute atomic E-state index is 0.233. The number of aliphatic hydroxyl groups excluding tert-OH is 1. The van der Waals surface area contributed by atoms with Gasteiger partial charge in [0.2, 0.25) is 0 Å². The topological polar surface area (TPSA) is 32.7 Å². The molecule has 1 fully saturated rings. The molecule has 1 N–H and O–H groups in total. The van der Waals surface area contributed by atoms with Gasteiger partial charge in [-0.3, -0.25) is 4.90 Å². The summed E-state index contributed by atoms with van der Waals surface area (Å²) in [5, 5.41) is 10.1. The van der Waals surface area contributed by atoms with E-state index in [4.69, 9.17) is 4.52 Å². The van der Waals surface area contributed by atoms with Crippen molar-refractivity contribution in [3.05, 3.63) is 35.9 Å². The van der Waals surface area contributed by atoms with Crippen molar-refractivity contribution >= 4 is 9.47 Å². The Bertz CT molecular complexity index is 360. The van der Waals surface area contributed by atoms with E-state index in [1.54, 1.807) is 0 Å². The van der Waals surface area contributed by atoms with Gasteiger partial charge in [0.05, 0.1) is 12.7 Å². The van der Waals surface area contributed by atoms with Crippen LogP contribution in [0.3, 0.4) is 0 Å². The smallest absolute Gasteiger partial charge is 0.0710 e. The highest BCUT2D eigenvalue weighted by molar-refractivity contribution is 7.09. The molecule has 100 valence electrons. The lowest BCUT2D eigenvalue weighted by Gasteiger charge is -2.21. The maximum Gasteiger partial charge on any atom is 0.0710 e. The molecule has 0 bridgehead atoms. The molecule has 1 aromatic rings. The van der Waals surface area contributed by atoms with Crippen LogP contribution in [-0.2, 0) is 11.1 Å². The van der Waals surface area contributed by atoms with Gasteiger partial charge in [-0.05, 0) is 11.5 Å². The van der Waals surface area contributed by atoms with Crippen LogP contribution in [0.4, 0.5) is 0 Å². The minimum atomic E-state index is -0.233. The van der Waals surface area contributed by atoms with E-state index < -0.39 is 0 Å². The number of hydrogen-bond donors (Lipinski definition) is 1. The summed E-state index contributed by atoms with van der Waals surface area (Å²) in [7, 11) is 2.29. The molecule has 0 amide bonds. The molecule has 4 heteroatoms. The first-order valence-corrected chi connectivity index (χ1v) is 6.94. The van der Waals surface area contributed by atoms with Gasteiger partial charge in [-0.15, -0.1) is 0 Å². The van der Waals surface area contributed by atoms with Crippen LogP contribution in [0.15, 0.2) is 30.3 Å². The van der Waals surface area contributed by atoms with E-state index in [2.05, 4.69) is 45.6 Å². The number of β-amino-alcohol motifs (C(OH)–C–C–N with tert-alkyl or cyclic N) is 1. The van der Waals surface area contributed by atoms with Gasteiger partial charge in [0.15, 0.2) is 0 Å². The predicted molar refractivity (Wildman–Crippen MR) is 76.0 cm³/mol. The van der Waals surface area contributed by atoms with E-state index in [1.807, 2.05) is 6.07 Å². The summed E-state index contributed by atoms with van der Waals surface area (Å²) >= 11 is 0. The molecule has 0 saturated carbocycles. The van der Waals surface area contributed by atoms with Crippen LogP contribution in [0.5, 0.6) is 0 Å². The van der Waals surface area contributed by atoms with Gasteiger partial charge >= 0.3 is 0 Å². The zero-order chi connectivity index (χ0) is 13.0. The maximum absolute atomic E-state index is 10.1. The summed E-state index contributed by atoms with van der Waals surface area (Å²) in [6, 6.07) is 10.4. The summed E-state index contributed by atoms with van der Waals surface area (Å²) in [6.07, 6.45) is -0.233. The SMILES string of the molecule is CC(COP)C1CN(Cc2ccccc2)CC1O. The number of benzene rings is 1. The standard InChI is InChI=1S/C14H22NO2P/c1-11(10-17-18)13-8-15(9-14(13)16)7-12-5-3-2-4-6-12/h2-6,11,13-14,16H,7-10,18H2,1H3. The third-order valence-electron chi connectivity index (χ3n) is 3.75. The molecule has 3 nitrogen and oxygen atoms in total. The number of likely N-dealkylation sites (tertiary alicyclic amines) is 1. The molecule has 4 atom stereocenters. The summed E-state index contributed by atoms with van der Waals surface area (Å²) in [4.78, 5) is 2.32. The van der Waals surface area contributed by atoms with Crippen molar-refractivity contribution in [3.63, 3.8) is 0 Å². The monoisotopic (exact) mass is 267 g/mol. The van der Waals surface area contributed by atoms with Crippen LogP contribution in [0.25, 0.3) is 0 Å². The zero-order valence-electron chi connectivity index (χ0n) is 10.8. The summed E-state index contributed by atoms with van der Waals surface area (Å²) in [6.45, 7) is 5.46. The van der Waals surface area contributed by atoms with Gasteiger partial charge in [-0.2, -0.15) is 0 Å². The molecular weight excluding hydrogens is 245 g/mol. The highest BCUT2D eigenvalue weighted by Crippen LogP contribution is 2.26. The molecular formula is C14H22NO2P. The van der Waals surface area contributed by atoms with Gasteiger partial charge in [0.25, 0.3) is 0 Å². The van der Waals surface area contributed by atoms with Gasteiger partial charge in [-0.25, -0.2) is 0 Å².